The minimum Gasteiger partial charge on any atom is -0.435 e. The molecular formula is C11H9N2O2+. The first-order valence-corrected chi connectivity index (χ1v) is 4.48. The summed E-state index contributed by atoms with van der Waals surface area (Å²) in [6.45, 7) is -0.0944. The zero-order valence-corrected chi connectivity index (χ0v) is 7.92. The van der Waals surface area contributed by atoms with Gasteiger partial charge in [0.1, 0.15) is 12.3 Å². The number of nitrogens with zero attached hydrogens (tertiary/aromatic N) is 2. The van der Waals surface area contributed by atoms with E-state index >= 15 is 0 Å². The molecular weight excluding hydrogens is 192 g/mol. The van der Waals surface area contributed by atoms with E-state index in [9.17, 15) is 9.90 Å². The second-order valence-corrected chi connectivity index (χ2v) is 3.34. The van der Waals surface area contributed by atoms with Crippen molar-refractivity contribution in [3.63, 3.8) is 0 Å². The van der Waals surface area contributed by atoms with Crippen LogP contribution in [0.4, 0.5) is 10.5 Å². The molecule has 1 aromatic rings. The van der Waals surface area contributed by atoms with E-state index in [0.29, 0.717) is 5.69 Å². The Morgan fingerprint density at radius 1 is 1.47 bits per heavy atom. The largest absolute Gasteiger partial charge is 0.524 e. The Kier molecular flexibility index (Phi) is 2.03. The highest BCUT2D eigenvalue weighted by atomic mass is 16.4. The van der Waals surface area contributed by atoms with Crippen LogP contribution < -0.4 is 4.48 Å². The average molecular weight is 201 g/mol. The van der Waals surface area contributed by atoms with E-state index in [1.54, 1.807) is 18.2 Å². The summed E-state index contributed by atoms with van der Waals surface area (Å²) in [4.78, 5) is 11.2. The first-order valence-electron chi connectivity index (χ1n) is 4.48. The molecule has 74 valence electrons. The number of amides is 1. The maximum atomic E-state index is 11.2. The molecule has 0 saturated heterocycles. The van der Waals surface area contributed by atoms with Gasteiger partial charge in [-0.05, 0) is 6.07 Å². The molecule has 1 aromatic carbocycles. The predicted octanol–water partition coefficient (Wildman–Crippen LogP) is 2.18. The van der Waals surface area contributed by atoms with Crippen LogP contribution in [-0.2, 0) is 0 Å². The summed E-state index contributed by atoms with van der Waals surface area (Å²) in [5.41, 5.74) is 1.50. The standard InChI is InChI=1S/C11H8N2O2/c12-6-8-13(11(14)15)7-5-9-3-1-2-4-10(9)13/h1-5,7H,8H2/p+1/t13-/m1/s1. The Morgan fingerprint density at radius 2 is 2.20 bits per heavy atom. The Hall–Kier alpha value is -2.12. The number of nitriles is 1. The molecule has 1 N–H and O–H groups in total. The second-order valence-electron chi connectivity index (χ2n) is 3.34. The fraction of sp³-hybridized carbons (Fsp3) is 0.0909. The van der Waals surface area contributed by atoms with Crippen molar-refractivity contribution in [1.29, 1.82) is 5.26 Å². The van der Waals surface area contributed by atoms with Gasteiger partial charge in [0, 0.05) is 17.7 Å². The van der Waals surface area contributed by atoms with Gasteiger partial charge in [-0.3, -0.25) is 0 Å². The monoisotopic (exact) mass is 201 g/mol. The molecule has 0 aliphatic carbocycles. The molecule has 1 aliphatic rings. The van der Waals surface area contributed by atoms with Gasteiger partial charge >= 0.3 is 6.09 Å². The summed E-state index contributed by atoms with van der Waals surface area (Å²) in [5.74, 6) is 0. The Morgan fingerprint density at radius 3 is 2.87 bits per heavy atom. The molecule has 1 heterocycles. The molecule has 2 rings (SSSR count). The quantitative estimate of drug-likeness (QED) is 0.559. The lowest BCUT2D eigenvalue weighted by atomic mass is 10.2. The summed E-state index contributed by atoms with van der Waals surface area (Å²) >= 11 is 0. The van der Waals surface area contributed by atoms with Crippen LogP contribution in [0.25, 0.3) is 6.08 Å². The minimum atomic E-state index is -1.03. The van der Waals surface area contributed by atoms with Crippen molar-refractivity contribution >= 4 is 17.9 Å². The summed E-state index contributed by atoms with van der Waals surface area (Å²) < 4.78 is -0.424. The molecule has 0 saturated carbocycles. The number of quaternary nitrogens is 1. The van der Waals surface area contributed by atoms with Gasteiger partial charge in [-0.1, -0.05) is 12.1 Å². The Balaban J connectivity index is 2.60. The van der Waals surface area contributed by atoms with E-state index in [4.69, 9.17) is 5.26 Å². The van der Waals surface area contributed by atoms with Gasteiger partial charge in [-0.2, -0.15) is 14.5 Å². The number of hydrogen-bond donors (Lipinski definition) is 1. The van der Waals surface area contributed by atoms with Gasteiger partial charge in [0.25, 0.3) is 0 Å². The van der Waals surface area contributed by atoms with Crippen molar-refractivity contribution in [1.82, 2.24) is 4.48 Å². The van der Waals surface area contributed by atoms with Gasteiger partial charge in [-0.15, -0.1) is 0 Å². The minimum absolute atomic E-state index is 0.0944. The summed E-state index contributed by atoms with van der Waals surface area (Å²) in [5, 5.41) is 17.9. The number of fused-ring (bicyclic) bond motifs is 1. The molecule has 4 nitrogen and oxygen atoms in total. The normalized spacial score (nSPS) is 22.1. The second kappa shape index (κ2) is 3.23. The SMILES string of the molecule is N#CC[N@+]1(C(=O)O)C=Cc2ccccc21. The average Bonchev–Trinajstić information content (AvgIpc) is 2.60. The number of carbonyl (C=O) groups is 1. The van der Waals surface area contributed by atoms with Crippen LogP contribution in [0.3, 0.4) is 0 Å². The van der Waals surface area contributed by atoms with E-state index in [1.165, 1.54) is 6.20 Å². The van der Waals surface area contributed by atoms with Crippen LogP contribution in [-0.4, -0.2) is 17.7 Å². The molecule has 1 aliphatic heterocycles. The molecule has 0 unspecified atom stereocenters. The lowest BCUT2D eigenvalue weighted by Crippen LogP contribution is -2.47. The van der Waals surface area contributed by atoms with Crippen molar-refractivity contribution in [3.8, 4) is 6.07 Å². The van der Waals surface area contributed by atoms with Gasteiger partial charge in [0.2, 0.25) is 0 Å². The molecule has 15 heavy (non-hydrogen) atoms. The van der Waals surface area contributed by atoms with Crippen molar-refractivity contribution in [2.75, 3.05) is 6.54 Å². The van der Waals surface area contributed by atoms with Crippen LogP contribution in [0.15, 0.2) is 30.5 Å². The fourth-order valence-corrected chi connectivity index (χ4v) is 1.76. The van der Waals surface area contributed by atoms with Gasteiger partial charge in [0.05, 0.1) is 0 Å². The fourth-order valence-electron chi connectivity index (χ4n) is 1.76. The summed E-state index contributed by atoms with van der Waals surface area (Å²) in [7, 11) is 0. The highest BCUT2D eigenvalue weighted by Gasteiger charge is 2.42. The number of para-hydroxylation sites is 1. The molecule has 1 amide bonds. The lowest BCUT2D eigenvalue weighted by molar-refractivity contribution is 0.168. The summed E-state index contributed by atoms with van der Waals surface area (Å²) in [6, 6.07) is 9.11. The first-order chi connectivity index (χ1) is 7.20. The zero-order chi connectivity index (χ0) is 10.9. The molecule has 0 bridgehead atoms. The molecule has 1 atom stereocenters. The molecule has 0 spiro atoms. The smallest absolute Gasteiger partial charge is 0.435 e. The molecule has 0 fully saturated rings. The van der Waals surface area contributed by atoms with E-state index in [1.807, 2.05) is 18.2 Å². The first kappa shape index (κ1) is 9.44. The van der Waals surface area contributed by atoms with E-state index in [-0.39, 0.29) is 6.54 Å². The van der Waals surface area contributed by atoms with Crippen molar-refractivity contribution < 1.29 is 9.90 Å². The number of hydrogen-bond acceptors (Lipinski definition) is 2. The third-order valence-corrected chi connectivity index (χ3v) is 2.54. The van der Waals surface area contributed by atoms with Crippen LogP contribution in [0.2, 0.25) is 0 Å². The van der Waals surface area contributed by atoms with Gasteiger partial charge in [-0.25, -0.2) is 0 Å². The number of rotatable bonds is 1. The van der Waals surface area contributed by atoms with Crippen LogP contribution in [0.5, 0.6) is 0 Å². The number of carboxylic acid groups (broad SMARTS) is 1. The zero-order valence-electron chi connectivity index (χ0n) is 7.92. The number of benzene rings is 1. The highest BCUT2D eigenvalue weighted by molar-refractivity contribution is 5.91. The van der Waals surface area contributed by atoms with Crippen LogP contribution in [0, 0.1) is 11.3 Å². The van der Waals surface area contributed by atoms with Gasteiger partial charge in [0.15, 0.2) is 12.2 Å². The highest BCUT2D eigenvalue weighted by Crippen LogP contribution is 2.35. The molecule has 0 aromatic heterocycles. The molecule has 0 radical (unpaired) electrons. The predicted molar refractivity (Wildman–Crippen MR) is 55.8 cm³/mol. The third-order valence-electron chi connectivity index (χ3n) is 2.54. The van der Waals surface area contributed by atoms with E-state index in [2.05, 4.69) is 0 Å². The van der Waals surface area contributed by atoms with Crippen molar-refractivity contribution in [2.24, 2.45) is 0 Å². The maximum Gasteiger partial charge on any atom is 0.524 e. The third kappa shape index (κ3) is 1.22. The van der Waals surface area contributed by atoms with Crippen LogP contribution in [0.1, 0.15) is 5.56 Å². The lowest BCUT2D eigenvalue weighted by Gasteiger charge is -2.22. The van der Waals surface area contributed by atoms with Gasteiger partial charge < -0.3 is 5.11 Å². The summed E-state index contributed by atoms with van der Waals surface area (Å²) in [6.07, 6.45) is 2.24. The van der Waals surface area contributed by atoms with E-state index in [0.717, 1.165) is 5.56 Å². The Bertz CT molecular complexity index is 488. The van der Waals surface area contributed by atoms with Crippen LogP contribution >= 0.6 is 0 Å². The topological polar surface area (TPSA) is 61.1 Å². The Labute approximate surface area is 86.9 Å². The van der Waals surface area contributed by atoms with Crippen molar-refractivity contribution in [2.45, 2.75) is 0 Å². The molecule has 4 heteroatoms. The van der Waals surface area contributed by atoms with E-state index < -0.39 is 10.6 Å². The van der Waals surface area contributed by atoms with Crippen molar-refractivity contribution in [3.05, 3.63) is 36.0 Å². The maximum absolute atomic E-state index is 11.2.